The molecule has 0 bridgehead atoms. The van der Waals surface area contributed by atoms with Crippen LogP contribution in [0.5, 0.6) is 11.5 Å². The van der Waals surface area contributed by atoms with Gasteiger partial charge in [0.05, 0.1) is 24.9 Å². The Kier molecular flexibility index (Phi) is 5.78. The standard InChI is InChI=1S/C21H20BrNO2/c1-24-20-11-10-15(13-21(20)25-17-6-2-3-7-17)12-16(14-23)18-8-4-5-9-19(18)22/h4-5,8-13,17H,2-3,6-7H2,1H3/b16-12+. The third-order valence-electron chi connectivity index (χ3n) is 4.38. The fraction of sp³-hybridized carbons (Fsp3) is 0.286. The molecule has 0 spiro atoms. The normalized spacial score (nSPS) is 15.0. The SMILES string of the molecule is COc1ccc(/C=C(\C#N)c2ccccc2Br)cc1OC1CCCC1. The molecular formula is C21H20BrNO2. The van der Waals surface area contributed by atoms with Crippen LogP contribution in [-0.2, 0) is 0 Å². The van der Waals surface area contributed by atoms with Crippen LogP contribution in [0.2, 0.25) is 0 Å². The number of ether oxygens (including phenoxy) is 2. The van der Waals surface area contributed by atoms with Crippen LogP contribution in [0.4, 0.5) is 0 Å². The molecule has 1 aliphatic carbocycles. The molecule has 128 valence electrons. The van der Waals surface area contributed by atoms with Crippen LogP contribution >= 0.6 is 15.9 Å². The van der Waals surface area contributed by atoms with Gasteiger partial charge in [0.15, 0.2) is 11.5 Å². The monoisotopic (exact) mass is 397 g/mol. The molecule has 0 saturated heterocycles. The number of benzene rings is 2. The van der Waals surface area contributed by atoms with Crippen LogP contribution < -0.4 is 9.47 Å². The minimum atomic E-state index is 0.256. The van der Waals surface area contributed by atoms with Crippen molar-refractivity contribution in [2.45, 2.75) is 31.8 Å². The topological polar surface area (TPSA) is 42.2 Å². The van der Waals surface area contributed by atoms with Crippen molar-refractivity contribution in [2.24, 2.45) is 0 Å². The van der Waals surface area contributed by atoms with Gasteiger partial charge in [-0.1, -0.05) is 40.2 Å². The highest BCUT2D eigenvalue weighted by Gasteiger charge is 2.18. The molecule has 0 aliphatic heterocycles. The first kappa shape index (κ1) is 17.6. The van der Waals surface area contributed by atoms with Gasteiger partial charge in [0.1, 0.15) is 0 Å². The number of rotatable bonds is 5. The molecule has 0 N–H and O–H groups in total. The van der Waals surface area contributed by atoms with Crippen LogP contribution in [0.3, 0.4) is 0 Å². The smallest absolute Gasteiger partial charge is 0.162 e. The lowest BCUT2D eigenvalue weighted by Crippen LogP contribution is -2.11. The summed E-state index contributed by atoms with van der Waals surface area (Å²) in [5.74, 6) is 1.47. The van der Waals surface area contributed by atoms with Gasteiger partial charge in [0.2, 0.25) is 0 Å². The van der Waals surface area contributed by atoms with Crippen LogP contribution in [0.25, 0.3) is 11.6 Å². The first-order valence-corrected chi connectivity index (χ1v) is 9.22. The van der Waals surface area contributed by atoms with E-state index in [1.807, 2.05) is 48.5 Å². The molecule has 2 aromatic carbocycles. The van der Waals surface area contributed by atoms with Crippen LogP contribution in [0.1, 0.15) is 36.8 Å². The summed E-state index contributed by atoms with van der Waals surface area (Å²) in [6.45, 7) is 0. The Balaban J connectivity index is 1.93. The second-order valence-electron chi connectivity index (χ2n) is 6.08. The highest BCUT2D eigenvalue weighted by Crippen LogP contribution is 2.34. The molecule has 2 aromatic rings. The van der Waals surface area contributed by atoms with Gasteiger partial charge < -0.3 is 9.47 Å². The molecule has 4 heteroatoms. The van der Waals surface area contributed by atoms with E-state index in [2.05, 4.69) is 22.0 Å². The van der Waals surface area contributed by atoms with E-state index in [1.54, 1.807) is 7.11 Å². The van der Waals surface area contributed by atoms with Gasteiger partial charge in [-0.25, -0.2) is 0 Å². The summed E-state index contributed by atoms with van der Waals surface area (Å²) >= 11 is 3.51. The van der Waals surface area contributed by atoms with E-state index in [0.717, 1.165) is 39.9 Å². The Labute approximate surface area is 157 Å². The number of hydrogen-bond acceptors (Lipinski definition) is 3. The van der Waals surface area contributed by atoms with E-state index in [-0.39, 0.29) is 6.10 Å². The summed E-state index contributed by atoms with van der Waals surface area (Å²) in [5.41, 5.74) is 2.39. The number of nitrogens with zero attached hydrogens (tertiary/aromatic N) is 1. The number of nitriles is 1. The molecule has 3 rings (SSSR count). The van der Waals surface area contributed by atoms with E-state index in [9.17, 15) is 5.26 Å². The molecule has 1 saturated carbocycles. The number of halogens is 1. The van der Waals surface area contributed by atoms with Crippen molar-refractivity contribution >= 4 is 27.6 Å². The first-order chi connectivity index (χ1) is 12.2. The van der Waals surface area contributed by atoms with Gasteiger partial charge in [-0.05, 0) is 55.5 Å². The summed E-state index contributed by atoms with van der Waals surface area (Å²) in [5, 5.41) is 9.57. The highest BCUT2D eigenvalue weighted by atomic mass is 79.9. The quantitative estimate of drug-likeness (QED) is 0.469. The zero-order valence-corrected chi connectivity index (χ0v) is 15.8. The number of hydrogen-bond donors (Lipinski definition) is 0. The van der Waals surface area contributed by atoms with Gasteiger partial charge in [-0.3, -0.25) is 0 Å². The fourth-order valence-electron chi connectivity index (χ4n) is 3.08. The lowest BCUT2D eigenvalue weighted by Gasteiger charge is -2.16. The second kappa shape index (κ2) is 8.22. The van der Waals surface area contributed by atoms with Gasteiger partial charge in [0.25, 0.3) is 0 Å². The Morgan fingerprint density at radius 1 is 1.16 bits per heavy atom. The zero-order chi connectivity index (χ0) is 17.6. The molecule has 0 radical (unpaired) electrons. The molecule has 0 aromatic heterocycles. The van der Waals surface area contributed by atoms with Gasteiger partial charge in [-0.2, -0.15) is 5.26 Å². The molecule has 3 nitrogen and oxygen atoms in total. The minimum absolute atomic E-state index is 0.256. The average Bonchev–Trinajstić information content (AvgIpc) is 3.14. The molecule has 0 unspecified atom stereocenters. The summed E-state index contributed by atoms with van der Waals surface area (Å²) < 4.78 is 12.5. The predicted octanol–water partition coefficient (Wildman–Crippen LogP) is 5.84. The van der Waals surface area contributed by atoms with E-state index >= 15 is 0 Å². The molecule has 0 amide bonds. The average molecular weight is 398 g/mol. The van der Waals surface area contributed by atoms with Crippen molar-refractivity contribution < 1.29 is 9.47 Å². The second-order valence-corrected chi connectivity index (χ2v) is 6.94. The van der Waals surface area contributed by atoms with Crippen LogP contribution in [-0.4, -0.2) is 13.2 Å². The number of methoxy groups -OCH3 is 1. The summed E-state index contributed by atoms with van der Waals surface area (Å²) in [4.78, 5) is 0. The molecule has 1 fully saturated rings. The largest absolute Gasteiger partial charge is 0.493 e. The maximum atomic E-state index is 9.57. The van der Waals surface area contributed by atoms with E-state index in [1.165, 1.54) is 12.8 Å². The maximum absolute atomic E-state index is 9.57. The van der Waals surface area contributed by atoms with Gasteiger partial charge in [0, 0.05) is 10.0 Å². The zero-order valence-electron chi connectivity index (χ0n) is 14.2. The molecule has 0 atom stereocenters. The van der Waals surface area contributed by atoms with Crippen molar-refractivity contribution in [1.82, 2.24) is 0 Å². The molecular weight excluding hydrogens is 378 g/mol. The molecule has 25 heavy (non-hydrogen) atoms. The lowest BCUT2D eigenvalue weighted by atomic mass is 10.0. The van der Waals surface area contributed by atoms with Gasteiger partial charge >= 0.3 is 0 Å². The van der Waals surface area contributed by atoms with Gasteiger partial charge in [-0.15, -0.1) is 0 Å². The lowest BCUT2D eigenvalue weighted by molar-refractivity contribution is 0.201. The summed E-state index contributed by atoms with van der Waals surface area (Å²) in [6.07, 6.45) is 6.74. The Morgan fingerprint density at radius 2 is 1.92 bits per heavy atom. The Morgan fingerprint density at radius 3 is 2.60 bits per heavy atom. The molecule has 1 aliphatic rings. The Bertz CT molecular complexity index is 817. The predicted molar refractivity (Wildman–Crippen MR) is 104 cm³/mol. The van der Waals surface area contributed by atoms with E-state index in [0.29, 0.717) is 5.57 Å². The highest BCUT2D eigenvalue weighted by molar-refractivity contribution is 9.10. The Hall–Kier alpha value is -2.25. The van der Waals surface area contributed by atoms with Crippen molar-refractivity contribution in [1.29, 1.82) is 5.26 Å². The fourth-order valence-corrected chi connectivity index (χ4v) is 3.58. The van der Waals surface area contributed by atoms with Crippen molar-refractivity contribution in [3.63, 3.8) is 0 Å². The third-order valence-corrected chi connectivity index (χ3v) is 5.07. The van der Waals surface area contributed by atoms with E-state index in [4.69, 9.17) is 9.47 Å². The van der Waals surface area contributed by atoms with Crippen LogP contribution in [0.15, 0.2) is 46.9 Å². The van der Waals surface area contributed by atoms with Crippen LogP contribution in [0, 0.1) is 11.3 Å². The molecule has 0 heterocycles. The van der Waals surface area contributed by atoms with Crippen molar-refractivity contribution in [3.8, 4) is 17.6 Å². The third kappa shape index (κ3) is 4.24. The minimum Gasteiger partial charge on any atom is -0.493 e. The maximum Gasteiger partial charge on any atom is 0.162 e. The van der Waals surface area contributed by atoms with Crippen molar-refractivity contribution in [2.75, 3.05) is 7.11 Å². The summed E-state index contributed by atoms with van der Waals surface area (Å²) in [7, 11) is 1.65. The number of allylic oxidation sites excluding steroid dienone is 1. The first-order valence-electron chi connectivity index (χ1n) is 8.42. The summed E-state index contributed by atoms with van der Waals surface area (Å²) in [6, 6.07) is 15.8. The van der Waals surface area contributed by atoms with Crippen molar-refractivity contribution in [3.05, 3.63) is 58.1 Å². The van der Waals surface area contributed by atoms with E-state index < -0.39 is 0 Å².